The van der Waals surface area contributed by atoms with Crippen LogP contribution in [0, 0.1) is 5.92 Å². The quantitative estimate of drug-likeness (QED) is 0.706. The molecule has 1 aliphatic heterocycles. The molecule has 1 aliphatic carbocycles. The Hall–Kier alpha value is -2.07. The number of Topliss-reactive ketones (excluding diaryl/α,β-unsaturated/α-hetero) is 1. The number of hydrogen-bond acceptors (Lipinski definition) is 3. The van der Waals surface area contributed by atoms with Gasteiger partial charge >= 0.3 is 0 Å². The fourth-order valence-electron chi connectivity index (χ4n) is 4.08. The number of benzene rings is 2. The highest BCUT2D eigenvalue weighted by Gasteiger charge is 2.20. The summed E-state index contributed by atoms with van der Waals surface area (Å²) in [6.45, 7) is 0. The fourth-order valence-corrected chi connectivity index (χ4v) is 5.09. The minimum Gasteiger partial charge on any atom is -0.321 e. The third kappa shape index (κ3) is 4.44. The average molecular weight is 380 g/mol. The van der Waals surface area contributed by atoms with E-state index in [4.69, 9.17) is 0 Å². The van der Waals surface area contributed by atoms with Crippen molar-refractivity contribution in [2.45, 2.75) is 61.2 Å². The first kappa shape index (κ1) is 18.3. The largest absolute Gasteiger partial charge is 0.321 e. The summed E-state index contributed by atoms with van der Waals surface area (Å²) in [5.41, 5.74) is 2.48. The van der Waals surface area contributed by atoms with Crippen molar-refractivity contribution in [3.05, 3.63) is 53.6 Å². The summed E-state index contributed by atoms with van der Waals surface area (Å²) in [5, 5.41) is 3.00. The van der Waals surface area contributed by atoms with Crippen molar-refractivity contribution >= 4 is 29.1 Å². The molecule has 1 N–H and O–H groups in total. The van der Waals surface area contributed by atoms with E-state index < -0.39 is 0 Å². The molecule has 2 aromatic rings. The monoisotopic (exact) mass is 379 g/mol. The number of ketones is 1. The van der Waals surface area contributed by atoms with Gasteiger partial charge < -0.3 is 5.32 Å². The van der Waals surface area contributed by atoms with Crippen LogP contribution in [0.1, 0.15) is 60.9 Å². The molecule has 140 valence electrons. The molecule has 2 aliphatic rings. The Balaban J connectivity index is 1.42. The highest BCUT2D eigenvalue weighted by molar-refractivity contribution is 7.99. The van der Waals surface area contributed by atoms with Gasteiger partial charge in [-0.3, -0.25) is 9.59 Å². The maximum atomic E-state index is 12.5. The lowest BCUT2D eigenvalue weighted by molar-refractivity contribution is -0.118. The van der Waals surface area contributed by atoms with Gasteiger partial charge in [0, 0.05) is 22.6 Å². The van der Waals surface area contributed by atoms with Crippen molar-refractivity contribution in [2.24, 2.45) is 5.92 Å². The van der Waals surface area contributed by atoms with Gasteiger partial charge in [0.2, 0.25) is 0 Å². The summed E-state index contributed by atoms with van der Waals surface area (Å²) in [6.07, 6.45) is 8.74. The van der Waals surface area contributed by atoms with Crippen LogP contribution in [0.3, 0.4) is 0 Å². The zero-order valence-electron chi connectivity index (χ0n) is 15.5. The lowest BCUT2D eigenvalue weighted by Crippen LogP contribution is -2.12. The molecule has 0 aromatic heterocycles. The highest BCUT2D eigenvalue weighted by Crippen LogP contribution is 2.39. The van der Waals surface area contributed by atoms with Crippen molar-refractivity contribution in [3.63, 3.8) is 0 Å². The van der Waals surface area contributed by atoms with Crippen LogP contribution in [-0.4, -0.2) is 11.7 Å². The average Bonchev–Trinajstić information content (AvgIpc) is 2.83. The van der Waals surface area contributed by atoms with E-state index in [0.29, 0.717) is 24.2 Å². The molecule has 0 spiro atoms. The van der Waals surface area contributed by atoms with Crippen LogP contribution in [0.25, 0.3) is 0 Å². The molecule has 2 aromatic carbocycles. The molecule has 1 heterocycles. The molecule has 1 fully saturated rings. The molecular formula is C23H25NO2S. The molecule has 0 unspecified atom stereocenters. The van der Waals surface area contributed by atoms with E-state index in [0.717, 1.165) is 33.4 Å². The Kier molecular flexibility index (Phi) is 5.63. The minimum absolute atomic E-state index is 0.0855. The Bertz CT molecular complexity index is 855. The molecule has 3 nitrogen and oxygen atoms in total. The third-order valence-corrected chi connectivity index (χ3v) is 6.75. The predicted molar refractivity (Wildman–Crippen MR) is 109 cm³/mol. The van der Waals surface area contributed by atoms with E-state index in [1.807, 2.05) is 42.5 Å². The van der Waals surface area contributed by atoms with Crippen LogP contribution in [0.15, 0.2) is 52.3 Å². The fraction of sp³-hybridized carbons (Fsp3) is 0.391. The molecule has 0 atom stereocenters. The number of anilines is 1. The Morgan fingerprint density at radius 2 is 1.85 bits per heavy atom. The first-order valence-electron chi connectivity index (χ1n) is 9.92. The van der Waals surface area contributed by atoms with E-state index in [1.54, 1.807) is 11.8 Å². The lowest BCUT2D eigenvalue weighted by atomic mass is 9.85. The molecule has 27 heavy (non-hydrogen) atoms. The molecule has 1 amide bonds. The molecule has 0 bridgehead atoms. The topological polar surface area (TPSA) is 46.2 Å². The van der Waals surface area contributed by atoms with Gasteiger partial charge in [-0.05, 0) is 42.2 Å². The summed E-state index contributed by atoms with van der Waals surface area (Å²) in [7, 11) is 0. The minimum atomic E-state index is -0.0855. The summed E-state index contributed by atoms with van der Waals surface area (Å²) in [6, 6.07) is 13.6. The van der Waals surface area contributed by atoms with Gasteiger partial charge in [-0.1, -0.05) is 62.1 Å². The molecular weight excluding hydrogens is 354 g/mol. The normalized spacial score (nSPS) is 16.8. The number of rotatable bonds is 5. The second kappa shape index (κ2) is 8.30. The summed E-state index contributed by atoms with van der Waals surface area (Å²) in [5.74, 6) is 0.956. The van der Waals surface area contributed by atoms with Gasteiger partial charge in [0.1, 0.15) is 5.78 Å². The second-order valence-corrected chi connectivity index (χ2v) is 8.72. The van der Waals surface area contributed by atoms with Crippen LogP contribution < -0.4 is 5.32 Å². The lowest BCUT2D eigenvalue weighted by Gasteiger charge is -2.20. The van der Waals surface area contributed by atoms with Gasteiger partial charge in [-0.25, -0.2) is 0 Å². The summed E-state index contributed by atoms with van der Waals surface area (Å²) < 4.78 is 0. The summed E-state index contributed by atoms with van der Waals surface area (Å²) in [4.78, 5) is 26.9. The maximum absolute atomic E-state index is 12.5. The van der Waals surface area contributed by atoms with Crippen LogP contribution >= 0.6 is 11.8 Å². The van der Waals surface area contributed by atoms with E-state index in [9.17, 15) is 9.59 Å². The molecule has 4 rings (SSSR count). The Morgan fingerprint density at radius 1 is 1.04 bits per heavy atom. The SMILES string of the molecule is O=C(CCC1CCCCC1)Cc1ccc2c(c1)NC(=O)c1ccccc1S2. The number of fused-ring (bicyclic) bond motifs is 2. The maximum Gasteiger partial charge on any atom is 0.256 e. The van der Waals surface area contributed by atoms with E-state index in [-0.39, 0.29) is 5.91 Å². The number of hydrogen-bond donors (Lipinski definition) is 1. The molecule has 0 saturated heterocycles. The van der Waals surface area contributed by atoms with Gasteiger partial charge in [0.05, 0.1) is 11.3 Å². The number of carbonyl (C=O) groups is 2. The molecule has 4 heteroatoms. The van der Waals surface area contributed by atoms with Crippen molar-refractivity contribution in [3.8, 4) is 0 Å². The van der Waals surface area contributed by atoms with Gasteiger partial charge in [-0.2, -0.15) is 0 Å². The van der Waals surface area contributed by atoms with Crippen molar-refractivity contribution in [2.75, 3.05) is 5.32 Å². The van der Waals surface area contributed by atoms with Crippen molar-refractivity contribution < 1.29 is 9.59 Å². The first-order valence-corrected chi connectivity index (χ1v) is 10.7. The van der Waals surface area contributed by atoms with E-state index in [2.05, 4.69) is 5.32 Å². The van der Waals surface area contributed by atoms with E-state index >= 15 is 0 Å². The second-order valence-electron chi connectivity index (χ2n) is 7.64. The van der Waals surface area contributed by atoms with Crippen LogP contribution in [0.5, 0.6) is 0 Å². The van der Waals surface area contributed by atoms with Crippen LogP contribution in [0.2, 0.25) is 0 Å². The van der Waals surface area contributed by atoms with Crippen molar-refractivity contribution in [1.82, 2.24) is 0 Å². The zero-order chi connectivity index (χ0) is 18.6. The Labute approximate surface area is 164 Å². The predicted octanol–water partition coefficient (Wildman–Crippen LogP) is 5.88. The molecule has 0 radical (unpaired) electrons. The number of carbonyl (C=O) groups excluding carboxylic acids is 2. The highest BCUT2D eigenvalue weighted by atomic mass is 32.2. The third-order valence-electron chi connectivity index (χ3n) is 5.60. The van der Waals surface area contributed by atoms with E-state index in [1.165, 1.54) is 32.1 Å². The van der Waals surface area contributed by atoms with Gasteiger partial charge in [-0.15, -0.1) is 0 Å². The first-order chi connectivity index (χ1) is 13.2. The number of nitrogens with one attached hydrogen (secondary N) is 1. The van der Waals surface area contributed by atoms with Crippen LogP contribution in [0.4, 0.5) is 5.69 Å². The zero-order valence-corrected chi connectivity index (χ0v) is 16.3. The van der Waals surface area contributed by atoms with Gasteiger partial charge in [0.15, 0.2) is 0 Å². The molecule has 1 saturated carbocycles. The smallest absolute Gasteiger partial charge is 0.256 e. The van der Waals surface area contributed by atoms with Gasteiger partial charge in [0.25, 0.3) is 5.91 Å². The number of amides is 1. The standard InChI is InChI=1S/C23H25NO2S/c25-18(12-10-16-6-2-1-3-7-16)14-17-11-13-22-20(15-17)24-23(26)19-8-4-5-9-21(19)27-22/h4-5,8-9,11,13,15-16H,1-3,6-7,10,12,14H2,(H,24,26). The Morgan fingerprint density at radius 3 is 2.70 bits per heavy atom. The van der Waals surface area contributed by atoms with Crippen molar-refractivity contribution in [1.29, 1.82) is 0 Å². The van der Waals surface area contributed by atoms with Crippen LogP contribution in [-0.2, 0) is 11.2 Å². The summed E-state index contributed by atoms with van der Waals surface area (Å²) >= 11 is 1.60.